The first-order valence-electron chi connectivity index (χ1n) is 7.06. The van der Waals surface area contributed by atoms with Gasteiger partial charge in [0, 0.05) is 5.39 Å². The van der Waals surface area contributed by atoms with Crippen LogP contribution in [0.2, 0.25) is 0 Å². The van der Waals surface area contributed by atoms with E-state index in [1.807, 2.05) is 30.3 Å². The molecule has 3 heteroatoms. The van der Waals surface area contributed by atoms with Crippen molar-refractivity contribution in [1.82, 2.24) is 4.98 Å². The molecule has 0 radical (unpaired) electrons. The zero-order chi connectivity index (χ0) is 13.2. The van der Waals surface area contributed by atoms with E-state index in [9.17, 15) is 0 Å². The highest BCUT2D eigenvalue weighted by molar-refractivity contribution is 5.85. The number of anilines is 1. The number of ether oxygens (including phenoxy) is 1. The van der Waals surface area contributed by atoms with Gasteiger partial charge in [-0.05, 0) is 43.4 Å². The summed E-state index contributed by atoms with van der Waals surface area (Å²) in [7, 11) is 0. The predicted molar refractivity (Wildman–Crippen MR) is 78.2 cm³/mol. The fraction of sp³-hybridized carbons (Fsp3) is 0.438. The van der Waals surface area contributed by atoms with Gasteiger partial charge in [-0.2, -0.15) is 0 Å². The number of pyridine rings is 1. The van der Waals surface area contributed by atoms with Crippen LogP contribution in [0, 0.1) is 5.92 Å². The van der Waals surface area contributed by atoms with Crippen molar-refractivity contribution in [3.8, 4) is 5.75 Å². The quantitative estimate of drug-likeness (QED) is 0.889. The van der Waals surface area contributed by atoms with E-state index in [0.29, 0.717) is 17.8 Å². The van der Waals surface area contributed by atoms with Crippen LogP contribution in [0.5, 0.6) is 5.75 Å². The maximum absolute atomic E-state index is 6.22. The van der Waals surface area contributed by atoms with Crippen LogP contribution in [-0.2, 0) is 0 Å². The maximum atomic E-state index is 6.22. The van der Waals surface area contributed by atoms with Crippen LogP contribution in [0.3, 0.4) is 0 Å². The van der Waals surface area contributed by atoms with Gasteiger partial charge in [0.25, 0.3) is 0 Å². The van der Waals surface area contributed by atoms with Gasteiger partial charge >= 0.3 is 0 Å². The van der Waals surface area contributed by atoms with Crippen molar-refractivity contribution in [3.05, 3.63) is 30.3 Å². The van der Waals surface area contributed by atoms with E-state index >= 15 is 0 Å². The van der Waals surface area contributed by atoms with E-state index < -0.39 is 0 Å². The van der Waals surface area contributed by atoms with Gasteiger partial charge in [-0.15, -0.1) is 0 Å². The summed E-state index contributed by atoms with van der Waals surface area (Å²) in [5.74, 6) is 2.02. The zero-order valence-electron chi connectivity index (χ0n) is 11.3. The second-order valence-corrected chi connectivity index (χ2v) is 5.48. The molecule has 1 fully saturated rings. The third kappa shape index (κ3) is 2.50. The molecule has 19 heavy (non-hydrogen) atoms. The summed E-state index contributed by atoms with van der Waals surface area (Å²) in [4.78, 5) is 4.42. The molecule has 3 nitrogen and oxygen atoms in total. The van der Waals surface area contributed by atoms with Crippen LogP contribution < -0.4 is 10.5 Å². The minimum atomic E-state index is 0.308. The molecule has 0 aliphatic heterocycles. The molecule has 1 aliphatic rings. The van der Waals surface area contributed by atoms with Gasteiger partial charge in [0.15, 0.2) is 0 Å². The normalized spacial score (nSPS) is 23.4. The third-order valence-electron chi connectivity index (χ3n) is 4.02. The molecule has 1 aliphatic carbocycles. The molecule has 1 heterocycles. The minimum Gasteiger partial charge on any atom is -0.488 e. The van der Waals surface area contributed by atoms with Gasteiger partial charge < -0.3 is 10.5 Å². The van der Waals surface area contributed by atoms with Crippen molar-refractivity contribution in [3.63, 3.8) is 0 Å². The lowest BCUT2D eigenvalue weighted by atomic mass is 9.88. The van der Waals surface area contributed by atoms with Crippen molar-refractivity contribution in [1.29, 1.82) is 0 Å². The topological polar surface area (TPSA) is 48.1 Å². The monoisotopic (exact) mass is 256 g/mol. The summed E-state index contributed by atoms with van der Waals surface area (Å²) in [5.41, 5.74) is 6.66. The molecule has 0 saturated heterocycles. The smallest absolute Gasteiger partial charge is 0.146 e. The summed E-state index contributed by atoms with van der Waals surface area (Å²) in [5, 5.41) is 1.08. The summed E-state index contributed by atoms with van der Waals surface area (Å²) in [6.45, 7) is 2.27. The second-order valence-electron chi connectivity index (χ2n) is 5.48. The molecule has 100 valence electrons. The Kier molecular flexibility index (Phi) is 3.28. The van der Waals surface area contributed by atoms with E-state index in [-0.39, 0.29) is 0 Å². The summed E-state index contributed by atoms with van der Waals surface area (Å²) < 4.78 is 6.22. The van der Waals surface area contributed by atoms with Crippen molar-refractivity contribution < 1.29 is 4.74 Å². The van der Waals surface area contributed by atoms with Crippen molar-refractivity contribution >= 4 is 16.7 Å². The van der Waals surface area contributed by atoms with Crippen LogP contribution in [0.25, 0.3) is 10.9 Å². The number of benzene rings is 1. The van der Waals surface area contributed by atoms with Crippen molar-refractivity contribution in [2.24, 2.45) is 5.92 Å². The Morgan fingerprint density at radius 1 is 1.16 bits per heavy atom. The molecule has 0 unspecified atom stereocenters. The van der Waals surface area contributed by atoms with Crippen molar-refractivity contribution in [2.45, 2.75) is 38.7 Å². The number of para-hydroxylation sites is 1. The van der Waals surface area contributed by atoms with Gasteiger partial charge in [0.1, 0.15) is 23.2 Å². The van der Waals surface area contributed by atoms with E-state index in [0.717, 1.165) is 23.1 Å². The molecule has 0 amide bonds. The first kappa shape index (κ1) is 12.3. The third-order valence-corrected chi connectivity index (χ3v) is 4.02. The standard InChI is InChI=1S/C16H20N2O/c1-11-5-2-3-7-13(11)19-14-8-4-6-12-9-10-15(17)18-16(12)14/h4,6,8-11,13H,2-3,5,7H2,1H3,(H2,17,18)/t11-,13+/m0/s1. The van der Waals surface area contributed by atoms with E-state index in [1.54, 1.807) is 0 Å². The van der Waals surface area contributed by atoms with Gasteiger partial charge in [0.2, 0.25) is 0 Å². The molecule has 1 aromatic carbocycles. The Labute approximate surface area is 113 Å². The molecule has 0 spiro atoms. The van der Waals surface area contributed by atoms with E-state index in [1.165, 1.54) is 19.3 Å². The van der Waals surface area contributed by atoms with Gasteiger partial charge in [0.05, 0.1) is 0 Å². The molecular weight excluding hydrogens is 236 g/mol. The number of nitrogen functional groups attached to an aromatic ring is 1. The average molecular weight is 256 g/mol. The van der Waals surface area contributed by atoms with Crippen LogP contribution in [0.1, 0.15) is 32.6 Å². The Bertz CT molecular complexity index is 582. The number of rotatable bonds is 2. The number of fused-ring (bicyclic) bond motifs is 1. The lowest BCUT2D eigenvalue weighted by molar-refractivity contribution is 0.104. The zero-order valence-corrected chi connectivity index (χ0v) is 11.3. The Balaban J connectivity index is 1.93. The summed E-state index contributed by atoms with van der Waals surface area (Å²) in [6, 6.07) is 9.88. The molecule has 0 bridgehead atoms. The highest BCUT2D eigenvalue weighted by atomic mass is 16.5. The maximum Gasteiger partial charge on any atom is 0.146 e. The van der Waals surface area contributed by atoms with E-state index in [2.05, 4.69) is 11.9 Å². The largest absolute Gasteiger partial charge is 0.488 e. The lowest BCUT2D eigenvalue weighted by Crippen LogP contribution is -2.28. The van der Waals surface area contributed by atoms with Gasteiger partial charge in [-0.1, -0.05) is 25.5 Å². The molecule has 1 saturated carbocycles. The Morgan fingerprint density at radius 3 is 2.84 bits per heavy atom. The number of nitrogens with zero attached hydrogens (tertiary/aromatic N) is 1. The number of nitrogens with two attached hydrogens (primary N) is 1. The first-order chi connectivity index (χ1) is 9.24. The number of hydrogen-bond donors (Lipinski definition) is 1. The Morgan fingerprint density at radius 2 is 2.00 bits per heavy atom. The number of hydrogen-bond acceptors (Lipinski definition) is 3. The molecule has 2 atom stereocenters. The van der Waals surface area contributed by atoms with Gasteiger partial charge in [-0.3, -0.25) is 0 Å². The van der Waals surface area contributed by atoms with Crippen LogP contribution in [0.4, 0.5) is 5.82 Å². The van der Waals surface area contributed by atoms with Crippen LogP contribution >= 0.6 is 0 Å². The fourth-order valence-corrected chi connectivity index (χ4v) is 2.85. The second kappa shape index (κ2) is 5.08. The van der Waals surface area contributed by atoms with Crippen LogP contribution in [-0.4, -0.2) is 11.1 Å². The first-order valence-corrected chi connectivity index (χ1v) is 7.06. The molecule has 2 N–H and O–H groups in total. The fourth-order valence-electron chi connectivity index (χ4n) is 2.85. The highest BCUT2D eigenvalue weighted by Gasteiger charge is 2.23. The lowest BCUT2D eigenvalue weighted by Gasteiger charge is -2.29. The summed E-state index contributed by atoms with van der Waals surface area (Å²) in [6.07, 6.45) is 5.28. The predicted octanol–water partition coefficient (Wildman–Crippen LogP) is 3.77. The van der Waals surface area contributed by atoms with Gasteiger partial charge in [-0.25, -0.2) is 4.98 Å². The highest BCUT2D eigenvalue weighted by Crippen LogP contribution is 2.31. The molecular formula is C16H20N2O. The number of aromatic nitrogens is 1. The van der Waals surface area contributed by atoms with Crippen LogP contribution in [0.15, 0.2) is 30.3 Å². The molecule has 2 aromatic rings. The Hall–Kier alpha value is -1.77. The minimum absolute atomic E-state index is 0.308. The SMILES string of the molecule is C[C@H]1CCCC[C@H]1Oc1cccc2ccc(N)nc12. The molecule has 3 rings (SSSR count). The average Bonchev–Trinajstić information content (AvgIpc) is 2.42. The molecule has 1 aromatic heterocycles. The summed E-state index contributed by atoms with van der Waals surface area (Å²) >= 11 is 0. The van der Waals surface area contributed by atoms with E-state index in [4.69, 9.17) is 10.5 Å². The van der Waals surface area contributed by atoms with Crippen molar-refractivity contribution in [2.75, 3.05) is 5.73 Å².